The molecule has 0 saturated carbocycles. The van der Waals surface area contributed by atoms with Crippen molar-refractivity contribution in [2.24, 2.45) is 0 Å². The van der Waals surface area contributed by atoms with Crippen LogP contribution in [0.1, 0.15) is 24.4 Å². The first-order chi connectivity index (χ1) is 13.2. The summed E-state index contributed by atoms with van der Waals surface area (Å²) in [6.07, 6.45) is 4.18. The van der Waals surface area contributed by atoms with Gasteiger partial charge in [-0.05, 0) is 48.7 Å². The summed E-state index contributed by atoms with van der Waals surface area (Å²) in [7, 11) is 1.69. The van der Waals surface area contributed by atoms with Gasteiger partial charge in [-0.15, -0.1) is 0 Å². The van der Waals surface area contributed by atoms with Gasteiger partial charge in [0.1, 0.15) is 5.75 Å². The minimum absolute atomic E-state index is 0.321. The van der Waals surface area contributed by atoms with Crippen molar-refractivity contribution in [2.75, 3.05) is 18.6 Å². The molecule has 1 fully saturated rings. The summed E-state index contributed by atoms with van der Waals surface area (Å²) in [5.74, 6) is 1.86. The number of hydrogen-bond donors (Lipinski definition) is 1. The number of methoxy groups -OCH3 is 1. The van der Waals surface area contributed by atoms with Gasteiger partial charge in [-0.1, -0.05) is 23.7 Å². The molecular weight excluding hydrogens is 358 g/mol. The van der Waals surface area contributed by atoms with Gasteiger partial charge in [-0.2, -0.15) is 0 Å². The Hall–Kier alpha value is -2.72. The van der Waals surface area contributed by atoms with Crippen LogP contribution < -0.4 is 9.64 Å². The Balaban J connectivity index is 1.64. The Morgan fingerprint density at radius 1 is 1.11 bits per heavy atom. The molecule has 2 aromatic heterocycles. The van der Waals surface area contributed by atoms with Gasteiger partial charge in [-0.3, -0.25) is 0 Å². The zero-order valence-electron chi connectivity index (χ0n) is 15.1. The average Bonchev–Trinajstić information content (AvgIpc) is 3.32. The lowest BCUT2D eigenvalue weighted by molar-refractivity contribution is 0.415. The summed E-state index contributed by atoms with van der Waals surface area (Å²) >= 11 is 6.08. The van der Waals surface area contributed by atoms with Crippen LogP contribution in [-0.4, -0.2) is 23.6 Å². The predicted molar refractivity (Wildman–Crippen MR) is 111 cm³/mol. The van der Waals surface area contributed by atoms with E-state index < -0.39 is 0 Å². The molecule has 27 heavy (non-hydrogen) atoms. The second-order valence-corrected chi connectivity index (χ2v) is 7.43. The topological polar surface area (TPSA) is 41.1 Å². The second kappa shape index (κ2) is 6.46. The number of ether oxygens (including phenoxy) is 1. The molecular formula is C22H20ClN3O. The zero-order chi connectivity index (χ0) is 18.4. The highest BCUT2D eigenvalue weighted by Crippen LogP contribution is 2.40. The third-order valence-corrected chi connectivity index (χ3v) is 5.74. The number of halogens is 1. The number of pyridine rings is 1. The van der Waals surface area contributed by atoms with Crippen molar-refractivity contribution in [1.29, 1.82) is 0 Å². The van der Waals surface area contributed by atoms with Gasteiger partial charge in [0.15, 0.2) is 5.82 Å². The van der Waals surface area contributed by atoms with Gasteiger partial charge in [-0.25, -0.2) is 4.98 Å². The van der Waals surface area contributed by atoms with Crippen molar-refractivity contribution in [1.82, 2.24) is 9.97 Å². The molecule has 5 heteroatoms. The van der Waals surface area contributed by atoms with Crippen molar-refractivity contribution >= 4 is 39.2 Å². The van der Waals surface area contributed by atoms with Crippen LogP contribution in [0.3, 0.4) is 0 Å². The van der Waals surface area contributed by atoms with E-state index in [-0.39, 0.29) is 0 Å². The number of rotatable bonds is 3. The van der Waals surface area contributed by atoms with E-state index >= 15 is 0 Å². The van der Waals surface area contributed by atoms with Crippen molar-refractivity contribution in [2.45, 2.75) is 18.9 Å². The third kappa shape index (κ3) is 2.72. The lowest BCUT2D eigenvalue weighted by atomic mass is 10.0. The molecule has 1 atom stereocenters. The van der Waals surface area contributed by atoms with Crippen LogP contribution in [0.5, 0.6) is 5.75 Å². The third-order valence-electron chi connectivity index (χ3n) is 5.49. The van der Waals surface area contributed by atoms with Crippen LogP contribution in [0, 0.1) is 0 Å². The number of H-pyrrole nitrogens is 1. The first kappa shape index (κ1) is 16.5. The monoisotopic (exact) mass is 377 g/mol. The maximum atomic E-state index is 6.08. The number of fused-ring (bicyclic) bond motifs is 3. The predicted octanol–water partition coefficient (Wildman–Crippen LogP) is 5.72. The molecule has 4 nitrogen and oxygen atoms in total. The minimum atomic E-state index is 0.321. The number of aromatic amines is 1. The summed E-state index contributed by atoms with van der Waals surface area (Å²) in [6.45, 7) is 0.998. The van der Waals surface area contributed by atoms with Crippen molar-refractivity contribution in [3.63, 3.8) is 0 Å². The fourth-order valence-corrected chi connectivity index (χ4v) is 4.32. The molecule has 2 aromatic carbocycles. The van der Waals surface area contributed by atoms with Crippen LogP contribution in [0.25, 0.3) is 21.8 Å². The molecule has 1 aliphatic rings. The first-order valence-corrected chi connectivity index (χ1v) is 9.59. The van der Waals surface area contributed by atoms with Gasteiger partial charge < -0.3 is 14.6 Å². The standard InChI is InChI=1S/C22H20ClN3O/c1-27-16-8-9-17-18-10-11-24-22(21(18)25-19(17)13-16)26-12-2-3-20(26)14-4-6-15(23)7-5-14/h4-11,13,20,25H,2-3,12H2,1H3. The lowest BCUT2D eigenvalue weighted by Gasteiger charge is -2.26. The fourth-order valence-electron chi connectivity index (χ4n) is 4.19. The number of anilines is 1. The van der Waals surface area contributed by atoms with E-state index in [0.29, 0.717) is 6.04 Å². The largest absolute Gasteiger partial charge is 0.497 e. The van der Waals surface area contributed by atoms with Crippen LogP contribution in [0.2, 0.25) is 5.02 Å². The number of aromatic nitrogens is 2. The molecule has 4 aromatic rings. The quantitative estimate of drug-likeness (QED) is 0.496. The molecule has 0 spiro atoms. The van der Waals surface area contributed by atoms with E-state index in [9.17, 15) is 0 Å². The van der Waals surface area contributed by atoms with E-state index in [1.54, 1.807) is 7.11 Å². The SMILES string of the molecule is COc1ccc2c(c1)[nH]c1c(N3CCCC3c3ccc(Cl)cc3)nccc12. The number of nitrogens with one attached hydrogen (secondary N) is 1. The smallest absolute Gasteiger partial charge is 0.153 e. The minimum Gasteiger partial charge on any atom is -0.497 e. The van der Waals surface area contributed by atoms with Gasteiger partial charge >= 0.3 is 0 Å². The molecule has 136 valence electrons. The molecule has 1 N–H and O–H groups in total. The molecule has 0 bridgehead atoms. The van der Waals surface area contributed by atoms with Crippen molar-refractivity contribution in [3.05, 3.63) is 65.3 Å². The molecule has 0 radical (unpaired) electrons. The van der Waals surface area contributed by atoms with Gasteiger partial charge in [0.2, 0.25) is 0 Å². The van der Waals surface area contributed by atoms with E-state index in [4.69, 9.17) is 21.3 Å². The Kier molecular flexibility index (Phi) is 3.94. The summed E-state index contributed by atoms with van der Waals surface area (Å²) in [5.41, 5.74) is 3.44. The fraction of sp³-hybridized carbons (Fsp3) is 0.227. The van der Waals surface area contributed by atoms with Gasteiger partial charge in [0.05, 0.1) is 24.2 Å². The number of benzene rings is 2. The van der Waals surface area contributed by atoms with E-state index in [2.05, 4.69) is 34.1 Å². The molecule has 1 unspecified atom stereocenters. The molecule has 0 amide bonds. The molecule has 0 aliphatic carbocycles. The van der Waals surface area contributed by atoms with E-state index in [0.717, 1.165) is 47.0 Å². The van der Waals surface area contributed by atoms with Crippen LogP contribution in [0.15, 0.2) is 54.7 Å². The molecule has 3 heterocycles. The van der Waals surface area contributed by atoms with Crippen LogP contribution in [-0.2, 0) is 0 Å². The maximum Gasteiger partial charge on any atom is 0.153 e. The highest BCUT2D eigenvalue weighted by molar-refractivity contribution is 6.30. The van der Waals surface area contributed by atoms with Gasteiger partial charge in [0, 0.05) is 34.6 Å². The zero-order valence-corrected chi connectivity index (χ0v) is 15.8. The maximum absolute atomic E-state index is 6.08. The number of nitrogens with zero attached hydrogens (tertiary/aromatic N) is 2. The summed E-state index contributed by atoms with van der Waals surface area (Å²) in [4.78, 5) is 10.7. The first-order valence-electron chi connectivity index (χ1n) is 9.21. The van der Waals surface area contributed by atoms with E-state index in [1.807, 2.05) is 30.5 Å². The highest BCUT2D eigenvalue weighted by atomic mass is 35.5. The Morgan fingerprint density at radius 2 is 1.96 bits per heavy atom. The van der Waals surface area contributed by atoms with Gasteiger partial charge in [0.25, 0.3) is 0 Å². The summed E-state index contributed by atoms with van der Waals surface area (Å²) in [6, 6.07) is 16.7. The lowest BCUT2D eigenvalue weighted by Crippen LogP contribution is -2.23. The molecule has 5 rings (SSSR count). The van der Waals surface area contributed by atoms with Crippen molar-refractivity contribution < 1.29 is 4.74 Å². The molecule has 1 aliphatic heterocycles. The summed E-state index contributed by atoms with van der Waals surface area (Å²) in [5, 5.41) is 3.16. The Morgan fingerprint density at radius 3 is 2.78 bits per heavy atom. The summed E-state index contributed by atoms with van der Waals surface area (Å²) < 4.78 is 5.38. The second-order valence-electron chi connectivity index (χ2n) is 7.00. The Bertz CT molecular complexity index is 1120. The van der Waals surface area contributed by atoms with Crippen LogP contribution in [0.4, 0.5) is 5.82 Å². The number of hydrogen-bond acceptors (Lipinski definition) is 3. The average molecular weight is 378 g/mol. The normalized spacial score (nSPS) is 17.1. The van der Waals surface area contributed by atoms with Crippen LogP contribution >= 0.6 is 11.6 Å². The highest BCUT2D eigenvalue weighted by Gasteiger charge is 2.29. The van der Waals surface area contributed by atoms with Crippen molar-refractivity contribution in [3.8, 4) is 5.75 Å². The molecule has 1 saturated heterocycles. The Labute approximate surface area is 162 Å². The van der Waals surface area contributed by atoms with E-state index in [1.165, 1.54) is 16.3 Å².